The molecule has 0 fully saturated rings. The van der Waals surface area contributed by atoms with Gasteiger partial charge in [-0.1, -0.05) is 42.1 Å². The van der Waals surface area contributed by atoms with Crippen molar-refractivity contribution >= 4 is 17.7 Å². The molecule has 0 aliphatic carbocycles. The van der Waals surface area contributed by atoms with Crippen LogP contribution < -0.4 is 4.74 Å². The van der Waals surface area contributed by atoms with Crippen LogP contribution in [0.5, 0.6) is 5.75 Å². The van der Waals surface area contributed by atoms with E-state index in [9.17, 15) is 4.79 Å². The number of methoxy groups -OCH3 is 2. The molecule has 1 atom stereocenters. The van der Waals surface area contributed by atoms with E-state index in [1.54, 1.807) is 14.0 Å². The van der Waals surface area contributed by atoms with Crippen LogP contribution in [0.15, 0.2) is 59.8 Å². The van der Waals surface area contributed by atoms with Crippen LogP contribution in [-0.2, 0) is 22.5 Å². The second-order valence-corrected chi connectivity index (χ2v) is 7.51. The molecule has 2 aromatic carbocycles. The van der Waals surface area contributed by atoms with Gasteiger partial charge in [-0.25, -0.2) is 0 Å². The van der Waals surface area contributed by atoms with Crippen LogP contribution in [0.1, 0.15) is 12.5 Å². The lowest BCUT2D eigenvalue weighted by atomic mass is 10.1. The zero-order valence-electron chi connectivity index (χ0n) is 16.2. The van der Waals surface area contributed by atoms with Gasteiger partial charge in [-0.3, -0.25) is 4.79 Å². The molecule has 0 bridgehead atoms. The predicted molar refractivity (Wildman–Crippen MR) is 109 cm³/mol. The number of ether oxygens (including phenoxy) is 2. The lowest BCUT2D eigenvalue weighted by molar-refractivity contribution is -0.139. The third kappa shape index (κ3) is 4.72. The van der Waals surface area contributed by atoms with E-state index >= 15 is 0 Å². The summed E-state index contributed by atoms with van der Waals surface area (Å²) in [6.07, 6.45) is 0.836. The van der Waals surface area contributed by atoms with Crippen LogP contribution in [0, 0.1) is 0 Å². The molecule has 0 N–H and O–H groups in total. The molecule has 7 heteroatoms. The molecule has 146 valence electrons. The first-order valence-electron chi connectivity index (χ1n) is 8.98. The highest BCUT2D eigenvalue weighted by Crippen LogP contribution is 2.28. The van der Waals surface area contributed by atoms with Gasteiger partial charge in [0.2, 0.25) is 0 Å². The van der Waals surface area contributed by atoms with Gasteiger partial charge in [0.25, 0.3) is 0 Å². The highest BCUT2D eigenvalue weighted by molar-refractivity contribution is 8.00. The van der Waals surface area contributed by atoms with Gasteiger partial charge < -0.3 is 14.0 Å². The zero-order chi connectivity index (χ0) is 19.9. The Kier molecular flexibility index (Phi) is 6.71. The van der Waals surface area contributed by atoms with Crippen molar-refractivity contribution in [3.05, 3.63) is 60.2 Å². The predicted octanol–water partition coefficient (Wildman–Crippen LogP) is 3.85. The maximum absolute atomic E-state index is 11.8. The SMILES string of the molecule is COC(=O)C(C)Sc1nnc(-c2ccc(OC)cc2)n1CCc1ccccc1. The fourth-order valence-corrected chi connectivity index (χ4v) is 3.69. The van der Waals surface area contributed by atoms with E-state index in [0.717, 1.165) is 23.6 Å². The van der Waals surface area contributed by atoms with Crippen molar-refractivity contribution in [2.45, 2.75) is 30.3 Å². The molecule has 1 heterocycles. The number of aromatic nitrogens is 3. The zero-order valence-corrected chi connectivity index (χ0v) is 17.0. The van der Waals surface area contributed by atoms with Crippen molar-refractivity contribution in [1.29, 1.82) is 0 Å². The first-order valence-corrected chi connectivity index (χ1v) is 9.86. The van der Waals surface area contributed by atoms with Gasteiger partial charge in [-0.15, -0.1) is 10.2 Å². The summed E-state index contributed by atoms with van der Waals surface area (Å²) in [5, 5.41) is 9.06. The minimum absolute atomic E-state index is 0.284. The molecule has 6 nitrogen and oxygen atoms in total. The fourth-order valence-electron chi connectivity index (χ4n) is 2.79. The standard InChI is InChI=1S/C21H23N3O3S/c1-15(20(25)27-3)28-21-23-22-19(17-9-11-18(26-2)12-10-17)24(21)14-13-16-7-5-4-6-8-16/h4-12,15H,13-14H2,1-3H3. The van der Waals surface area contributed by atoms with E-state index in [0.29, 0.717) is 11.7 Å². The Labute approximate surface area is 168 Å². The summed E-state index contributed by atoms with van der Waals surface area (Å²) < 4.78 is 12.1. The van der Waals surface area contributed by atoms with Crippen LogP contribution in [0.4, 0.5) is 0 Å². The van der Waals surface area contributed by atoms with Crippen LogP contribution in [0.2, 0.25) is 0 Å². The number of carbonyl (C=O) groups excluding carboxylic acids is 1. The Morgan fingerprint density at radius 3 is 2.43 bits per heavy atom. The van der Waals surface area contributed by atoms with Crippen molar-refractivity contribution in [3.8, 4) is 17.1 Å². The molecular formula is C21H23N3O3S. The third-order valence-corrected chi connectivity index (χ3v) is 5.41. The first-order chi connectivity index (χ1) is 13.6. The summed E-state index contributed by atoms with van der Waals surface area (Å²) >= 11 is 1.35. The maximum Gasteiger partial charge on any atom is 0.318 e. The topological polar surface area (TPSA) is 66.2 Å². The van der Waals surface area contributed by atoms with Crippen LogP contribution in [0.25, 0.3) is 11.4 Å². The van der Waals surface area contributed by atoms with Crippen molar-refractivity contribution in [1.82, 2.24) is 14.8 Å². The fraction of sp³-hybridized carbons (Fsp3) is 0.286. The number of nitrogens with zero attached hydrogens (tertiary/aromatic N) is 3. The van der Waals surface area contributed by atoms with Crippen molar-refractivity contribution in [3.63, 3.8) is 0 Å². The third-order valence-electron chi connectivity index (χ3n) is 4.35. The van der Waals surface area contributed by atoms with Crippen molar-refractivity contribution in [2.24, 2.45) is 0 Å². The van der Waals surface area contributed by atoms with E-state index in [2.05, 4.69) is 26.9 Å². The molecule has 3 rings (SSSR count). The van der Waals surface area contributed by atoms with Gasteiger partial charge >= 0.3 is 5.97 Å². The average Bonchev–Trinajstić information content (AvgIpc) is 3.14. The summed E-state index contributed by atoms with van der Waals surface area (Å²) in [6.45, 7) is 2.51. The van der Waals surface area contributed by atoms with Crippen molar-refractivity contribution in [2.75, 3.05) is 14.2 Å². The van der Waals surface area contributed by atoms with Gasteiger partial charge in [0.1, 0.15) is 11.0 Å². The van der Waals surface area contributed by atoms with Crippen molar-refractivity contribution < 1.29 is 14.3 Å². The smallest absolute Gasteiger partial charge is 0.318 e. The molecule has 0 aliphatic heterocycles. The first kappa shape index (κ1) is 19.9. The number of aryl methyl sites for hydroxylation is 1. The second kappa shape index (κ2) is 9.41. The molecule has 3 aromatic rings. The van der Waals surface area contributed by atoms with Crippen LogP contribution in [-0.4, -0.2) is 40.2 Å². The van der Waals surface area contributed by atoms with E-state index in [4.69, 9.17) is 9.47 Å². The number of hydrogen-bond acceptors (Lipinski definition) is 6. The van der Waals surface area contributed by atoms with E-state index in [1.165, 1.54) is 24.4 Å². The maximum atomic E-state index is 11.8. The number of carbonyl (C=O) groups is 1. The Morgan fingerprint density at radius 1 is 1.07 bits per heavy atom. The van der Waals surface area contributed by atoms with Crippen LogP contribution >= 0.6 is 11.8 Å². The quantitative estimate of drug-likeness (QED) is 0.425. The Bertz CT molecular complexity index is 910. The Balaban J connectivity index is 1.90. The van der Waals surface area contributed by atoms with Gasteiger partial charge in [0, 0.05) is 12.1 Å². The minimum Gasteiger partial charge on any atom is -0.497 e. The summed E-state index contributed by atoms with van der Waals surface area (Å²) in [4.78, 5) is 11.8. The lowest BCUT2D eigenvalue weighted by Gasteiger charge is -2.13. The molecule has 1 unspecified atom stereocenters. The molecule has 0 radical (unpaired) electrons. The van der Waals surface area contributed by atoms with Gasteiger partial charge in [-0.2, -0.15) is 0 Å². The lowest BCUT2D eigenvalue weighted by Crippen LogP contribution is -2.16. The number of benzene rings is 2. The van der Waals surface area contributed by atoms with Gasteiger partial charge in [0.05, 0.1) is 14.2 Å². The van der Waals surface area contributed by atoms with E-state index < -0.39 is 0 Å². The molecule has 0 amide bonds. The van der Waals surface area contributed by atoms with Gasteiger partial charge in [-0.05, 0) is 43.2 Å². The summed E-state index contributed by atoms with van der Waals surface area (Å²) in [5.74, 6) is 1.26. The average molecular weight is 398 g/mol. The Morgan fingerprint density at radius 2 is 1.79 bits per heavy atom. The molecular weight excluding hydrogens is 374 g/mol. The molecule has 0 spiro atoms. The van der Waals surface area contributed by atoms with Crippen LogP contribution in [0.3, 0.4) is 0 Å². The largest absolute Gasteiger partial charge is 0.497 e. The normalized spacial score (nSPS) is 11.8. The number of hydrogen-bond donors (Lipinski definition) is 0. The number of thioether (sulfide) groups is 1. The molecule has 1 aromatic heterocycles. The second-order valence-electron chi connectivity index (χ2n) is 6.21. The van der Waals surface area contributed by atoms with E-state index in [-0.39, 0.29) is 11.2 Å². The number of rotatable bonds is 8. The summed E-state index contributed by atoms with van der Waals surface area (Å²) in [5.41, 5.74) is 2.17. The monoisotopic (exact) mass is 397 g/mol. The highest BCUT2D eigenvalue weighted by Gasteiger charge is 2.21. The molecule has 0 saturated heterocycles. The summed E-state index contributed by atoms with van der Waals surface area (Å²) in [7, 11) is 3.03. The summed E-state index contributed by atoms with van der Waals surface area (Å²) in [6, 6.07) is 18.0. The minimum atomic E-state index is -0.367. The Hall–Kier alpha value is -2.80. The number of esters is 1. The molecule has 0 saturated carbocycles. The molecule has 28 heavy (non-hydrogen) atoms. The molecule has 0 aliphatic rings. The highest BCUT2D eigenvalue weighted by atomic mass is 32.2. The van der Waals surface area contributed by atoms with Gasteiger partial charge in [0.15, 0.2) is 11.0 Å². The van der Waals surface area contributed by atoms with E-state index in [1.807, 2.05) is 42.5 Å².